The molecule has 0 amide bonds. The number of phosphoric acid groups is 1. The molecule has 118 valence electrons. The molecule has 0 aliphatic carbocycles. The topological polar surface area (TPSA) is 194 Å². The molecule has 11 nitrogen and oxygen atoms in total. The largest absolute Gasteiger partial charge is 0.477 e. The molecule has 1 fully saturated rings. The average Bonchev–Trinajstić information content (AvgIpc) is 2.29. The Bertz CT molecular complexity index is 407. The molecule has 20 heavy (non-hydrogen) atoms. The second-order valence-electron chi connectivity index (χ2n) is 4.29. The van der Waals surface area contributed by atoms with Crippen LogP contribution in [0.15, 0.2) is 0 Å². The lowest BCUT2D eigenvalue weighted by molar-refractivity contribution is -0.308. The maximum atomic E-state index is 10.8. The molecule has 1 rings (SSSR count). The van der Waals surface area contributed by atoms with Gasteiger partial charge in [-0.25, -0.2) is 9.36 Å². The van der Waals surface area contributed by atoms with Crippen LogP contribution in [-0.4, -0.2) is 78.1 Å². The number of aliphatic hydroxyl groups excluding tert-OH is 3. The zero-order valence-corrected chi connectivity index (χ0v) is 10.8. The standard InChI is InChI=1S/C8H15O11P/c9-3-1-8(14,7(12)13)19-6(5(3)11)4(10)2-18-20(15,16)17/h3-6,9-11,14H,1-2H2,(H,12,13)(H2,15,16,17)/t3?,4-,5?,6?,8?/m1/s1. The normalized spacial score (nSPS) is 36.6. The second-order valence-corrected chi connectivity index (χ2v) is 5.53. The lowest BCUT2D eigenvalue weighted by Gasteiger charge is -2.41. The Kier molecular flexibility index (Phi) is 5.24. The van der Waals surface area contributed by atoms with Crippen molar-refractivity contribution in [1.29, 1.82) is 0 Å². The molecule has 0 aromatic carbocycles. The van der Waals surface area contributed by atoms with Crippen LogP contribution in [0.5, 0.6) is 0 Å². The van der Waals surface area contributed by atoms with E-state index in [1.807, 2.05) is 0 Å². The van der Waals surface area contributed by atoms with Crippen molar-refractivity contribution in [2.24, 2.45) is 0 Å². The Balaban J connectivity index is 2.80. The van der Waals surface area contributed by atoms with Crippen molar-refractivity contribution in [3.8, 4) is 0 Å². The molecular weight excluding hydrogens is 303 g/mol. The highest BCUT2D eigenvalue weighted by Gasteiger charge is 2.52. The summed E-state index contributed by atoms with van der Waals surface area (Å²) in [5.74, 6) is -4.69. The second kappa shape index (κ2) is 6.02. The Morgan fingerprint density at radius 2 is 2.00 bits per heavy atom. The summed E-state index contributed by atoms with van der Waals surface area (Å²) >= 11 is 0. The third-order valence-electron chi connectivity index (χ3n) is 2.67. The fourth-order valence-electron chi connectivity index (χ4n) is 1.68. The lowest BCUT2D eigenvalue weighted by atomic mass is 9.93. The van der Waals surface area contributed by atoms with Crippen molar-refractivity contribution in [2.45, 2.75) is 36.6 Å². The highest BCUT2D eigenvalue weighted by Crippen LogP contribution is 2.37. The Morgan fingerprint density at radius 1 is 1.45 bits per heavy atom. The Labute approximate surface area is 112 Å². The van der Waals surface area contributed by atoms with E-state index < -0.39 is 57.0 Å². The average molecular weight is 318 g/mol. The summed E-state index contributed by atoms with van der Waals surface area (Å²) in [5.41, 5.74) is 0. The van der Waals surface area contributed by atoms with E-state index in [2.05, 4.69) is 9.26 Å². The van der Waals surface area contributed by atoms with Crippen LogP contribution in [-0.2, 0) is 18.6 Å². The smallest absolute Gasteiger partial charge is 0.469 e. The third kappa shape index (κ3) is 4.19. The number of hydrogen-bond donors (Lipinski definition) is 7. The summed E-state index contributed by atoms with van der Waals surface area (Å²) in [4.78, 5) is 27.7. The molecule has 0 radical (unpaired) electrons. The molecule has 1 heterocycles. The maximum Gasteiger partial charge on any atom is 0.469 e. The number of phosphoric ester groups is 1. The highest BCUT2D eigenvalue weighted by atomic mass is 31.2. The molecule has 0 saturated carbocycles. The van der Waals surface area contributed by atoms with Gasteiger partial charge in [-0.05, 0) is 0 Å². The van der Waals surface area contributed by atoms with Gasteiger partial charge in [0.15, 0.2) is 0 Å². The van der Waals surface area contributed by atoms with Gasteiger partial charge >= 0.3 is 13.8 Å². The van der Waals surface area contributed by atoms with Crippen molar-refractivity contribution in [1.82, 2.24) is 0 Å². The number of carboxylic acids is 1. The maximum absolute atomic E-state index is 10.8. The zero-order chi connectivity index (χ0) is 15.7. The molecule has 7 N–H and O–H groups in total. The van der Waals surface area contributed by atoms with Crippen molar-refractivity contribution < 1.29 is 53.9 Å². The molecule has 0 aromatic rings. The number of carbonyl (C=O) groups is 1. The van der Waals surface area contributed by atoms with E-state index in [9.17, 15) is 29.8 Å². The first-order valence-electron chi connectivity index (χ1n) is 5.34. The van der Waals surface area contributed by atoms with Crippen LogP contribution in [0.4, 0.5) is 0 Å². The minimum absolute atomic E-state index is 0.841. The van der Waals surface area contributed by atoms with Gasteiger partial charge in [-0.15, -0.1) is 0 Å². The minimum Gasteiger partial charge on any atom is -0.477 e. The zero-order valence-electron chi connectivity index (χ0n) is 9.93. The number of hydrogen-bond acceptors (Lipinski definition) is 8. The van der Waals surface area contributed by atoms with Gasteiger partial charge in [-0.3, -0.25) is 4.52 Å². The Hall–Kier alpha value is -0.620. The molecule has 5 atom stereocenters. The molecular formula is C8H15O11P. The van der Waals surface area contributed by atoms with Gasteiger partial charge in [-0.1, -0.05) is 0 Å². The van der Waals surface area contributed by atoms with Crippen molar-refractivity contribution in [3.05, 3.63) is 0 Å². The summed E-state index contributed by atoms with van der Waals surface area (Å²) in [7, 11) is -4.90. The SMILES string of the molecule is O=C(O)C1(O)CC(O)C(O)C([C@H](O)COP(=O)(O)O)O1. The number of rotatable bonds is 5. The van der Waals surface area contributed by atoms with Crippen LogP contribution in [0.25, 0.3) is 0 Å². The third-order valence-corrected chi connectivity index (χ3v) is 3.16. The van der Waals surface area contributed by atoms with Crippen molar-refractivity contribution in [2.75, 3.05) is 6.61 Å². The van der Waals surface area contributed by atoms with Gasteiger partial charge < -0.3 is 40.1 Å². The van der Waals surface area contributed by atoms with Crippen LogP contribution in [0, 0.1) is 0 Å². The monoisotopic (exact) mass is 318 g/mol. The molecule has 0 spiro atoms. The first-order chi connectivity index (χ1) is 8.96. The van der Waals surface area contributed by atoms with Crippen LogP contribution < -0.4 is 0 Å². The van der Waals surface area contributed by atoms with E-state index in [0.29, 0.717) is 0 Å². The van der Waals surface area contributed by atoms with Gasteiger partial charge in [0, 0.05) is 6.42 Å². The van der Waals surface area contributed by atoms with Gasteiger partial charge in [0.1, 0.15) is 18.3 Å². The quantitative estimate of drug-likeness (QED) is 0.251. The van der Waals surface area contributed by atoms with Gasteiger partial charge in [0.25, 0.3) is 5.79 Å². The minimum atomic E-state index is -4.90. The molecule has 0 bridgehead atoms. The number of aliphatic hydroxyl groups is 4. The first-order valence-corrected chi connectivity index (χ1v) is 6.87. The van der Waals surface area contributed by atoms with Crippen molar-refractivity contribution in [3.63, 3.8) is 0 Å². The van der Waals surface area contributed by atoms with Crippen LogP contribution >= 0.6 is 7.82 Å². The predicted molar refractivity (Wildman–Crippen MR) is 58.1 cm³/mol. The molecule has 1 aliphatic rings. The molecule has 1 aliphatic heterocycles. The lowest BCUT2D eigenvalue weighted by Crippen LogP contribution is -2.61. The predicted octanol–water partition coefficient (Wildman–Crippen LogP) is -3.26. The first kappa shape index (κ1) is 17.4. The number of aliphatic carboxylic acids is 1. The van der Waals surface area contributed by atoms with E-state index in [1.54, 1.807) is 0 Å². The summed E-state index contributed by atoms with van der Waals surface area (Å²) < 4.78 is 19.0. The fraction of sp³-hybridized carbons (Fsp3) is 0.875. The fourth-order valence-corrected chi connectivity index (χ4v) is 2.03. The van der Waals surface area contributed by atoms with Crippen LogP contribution in [0.2, 0.25) is 0 Å². The number of carboxylic acid groups (broad SMARTS) is 1. The molecule has 0 aromatic heterocycles. The van der Waals surface area contributed by atoms with E-state index in [1.165, 1.54) is 0 Å². The highest BCUT2D eigenvalue weighted by molar-refractivity contribution is 7.46. The van der Waals surface area contributed by atoms with E-state index >= 15 is 0 Å². The summed E-state index contributed by atoms with van der Waals surface area (Å²) in [6, 6.07) is 0. The van der Waals surface area contributed by atoms with Crippen LogP contribution in [0.1, 0.15) is 6.42 Å². The van der Waals surface area contributed by atoms with Gasteiger partial charge in [0.05, 0.1) is 12.7 Å². The van der Waals surface area contributed by atoms with E-state index in [4.69, 9.17) is 14.9 Å². The molecule has 4 unspecified atom stereocenters. The van der Waals surface area contributed by atoms with Gasteiger partial charge in [-0.2, -0.15) is 0 Å². The Morgan fingerprint density at radius 3 is 2.45 bits per heavy atom. The summed E-state index contributed by atoms with van der Waals surface area (Å²) in [6.45, 7) is -1.01. The summed E-state index contributed by atoms with van der Waals surface area (Å²) in [5, 5.41) is 46.9. The molecule has 12 heteroatoms. The van der Waals surface area contributed by atoms with Crippen LogP contribution in [0.3, 0.4) is 0 Å². The van der Waals surface area contributed by atoms with Crippen molar-refractivity contribution >= 4 is 13.8 Å². The molecule has 1 saturated heterocycles. The van der Waals surface area contributed by atoms with E-state index in [0.717, 1.165) is 0 Å². The van der Waals surface area contributed by atoms with E-state index in [-0.39, 0.29) is 0 Å². The summed E-state index contributed by atoms with van der Waals surface area (Å²) in [6.07, 6.45) is -8.04. The number of ether oxygens (including phenoxy) is 1. The van der Waals surface area contributed by atoms with Gasteiger partial charge in [0.2, 0.25) is 0 Å².